The second-order valence-electron chi connectivity index (χ2n) is 6.51. The summed E-state index contributed by atoms with van der Waals surface area (Å²) in [6.45, 7) is 2.62. The third kappa shape index (κ3) is 4.50. The molecule has 1 fully saturated rings. The SMILES string of the molecule is COC[C@@H]1CCCCN1Cc1cccc(C(=O)Nc2sccc2C#N)c1. The zero-order valence-corrected chi connectivity index (χ0v) is 15.7. The Kier molecular flexibility index (Phi) is 6.40. The second kappa shape index (κ2) is 8.95. The van der Waals surface area contributed by atoms with Gasteiger partial charge in [0, 0.05) is 25.3 Å². The molecule has 0 aliphatic carbocycles. The zero-order chi connectivity index (χ0) is 18.4. The van der Waals surface area contributed by atoms with E-state index in [2.05, 4.69) is 22.4 Å². The Bertz CT molecular complexity index is 794. The molecule has 0 radical (unpaired) electrons. The van der Waals surface area contributed by atoms with Gasteiger partial charge in [-0.15, -0.1) is 11.3 Å². The second-order valence-corrected chi connectivity index (χ2v) is 7.42. The first-order valence-corrected chi connectivity index (χ1v) is 9.70. The fourth-order valence-electron chi connectivity index (χ4n) is 3.36. The van der Waals surface area contributed by atoms with Crippen LogP contribution in [-0.4, -0.2) is 37.1 Å². The molecule has 0 bridgehead atoms. The number of anilines is 1. The fraction of sp³-hybridized carbons (Fsp3) is 0.400. The van der Waals surface area contributed by atoms with Gasteiger partial charge in [0.05, 0.1) is 12.2 Å². The maximum absolute atomic E-state index is 12.5. The summed E-state index contributed by atoms with van der Waals surface area (Å²) < 4.78 is 5.36. The van der Waals surface area contributed by atoms with Crippen LogP contribution in [-0.2, 0) is 11.3 Å². The van der Waals surface area contributed by atoms with Crippen LogP contribution in [0.4, 0.5) is 5.00 Å². The van der Waals surface area contributed by atoms with Crippen LogP contribution in [0.15, 0.2) is 35.7 Å². The minimum Gasteiger partial charge on any atom is -0.383 e. The Morgan fingerprint density at radius 2 is 2.31 bits per heavy atom. The van der Waals surface area contributed by atoms with E-state index >= 15 is 0 Å². The standard InChI is InChI=1S/C20H23N3O2S/c1-25-14-18-7-2-3-9-23(18)13-15-5-4-6-16(11-15)19(24)22-20-17(12-21)8-10-26-20/h4-6,8,10-11,18H,2-3,7,9,13-14H2,1H3,(H,22,24)/t18-/m0/s1. The highest BCUT2D eigenvalue weighted by atomic mass is 32.1. The molecule has 1 amide bonds. The van der Waals surface area contributed by atoms with Crippen molar-refractivity contribution in [1.82, 2.24) is 4.90 Å². The number of thiophene rings is 1. The predicted octanol–water partition coefficient (Wildman–Crippen LogP) is 3.87. The van der Waals surface area contributed by atoms with Gasteiger partial charge in [0.1, 0.15) is 11.1 Å². The predicted molar refractivity (Wildman–Crippen MR) is 103 cm³/mol. The molecule has 1 aromatic carbocycles. The number of amides is 1. The van der Waals surface area contributed by atoms with E-state index in [4.69, 9.17) is 10.00 Å². The number of rotatable bonds is 6. The van der Waals surface area contributed by atoms with Crippen LogP contribution in [0.25, 0.3) is 0 Å². The van der Waals surface area contributed by atoms with Gasteiger partial charge in [-0.2, -0.15) is 5.26 Å². The third-order valence-corrected chi connectivity index (χ3v) is 5.53. The molecule has 3 rings (SSSR count). The lowest BCUT2D eigenvalue weighted by Crippen LogP contribution is -2.41. The number of carbonyl (C=O) groups is 1. The first kappa shape index (κ1) is 18.6. The van der Waals surface area contributed by atoms with E-state index in [0.29, 0.717) is 22.2 Å². The highest BCUT2D eigenvalue weighted by Gasteiger charge is 2.22. The highest BCUT2D eigenvalue weighted by Crippen LogP contribution is 2.24. The van der Waals surface area contributed by atoms with Crippen LogP contribution in [0, 0.1) is 11.3 Å². The first-order chi connectivity index (χ1) is 12.7. The van der Waals surface area contributed by atoms with Gasteiger partial charge in [-0.1, -0.05) is 18.6 Å². The number of benzene rings is 1. The van der Waals surface area contributed by atoms with Crippen molar-refractivity contribution in [2.45, 2.75) is 31.8 Å². The molecule has 5 nitrogen and oxygen atoms in total. The first-order valence-electron chi connectivity index (χ1n) is 8.82. The number of nitrogens with zero attached hydrogens (tertiary/aromatic N) is 2. The molecule has 0 unspecified atom stereocenters. The van der Waals surface area contributed by atoms with Crippen molar-refractivity contribution < 1.29 is 9.53 Å². The molecule has 1 aliphatic rings. The van der Waals surface area contributed by atoms with Gasteiger partial charge in [0.2, 0.25) is 0 Å². The highest BCUT2D eigenvalue weighted by molar-refractivity contribution is 7.14. The third-order valence-electron chi connectivity index (χ3n) is 4.70. The Morgan fingerprint density at radius 3 is 3.12 bits per heavy atom. The van der Waals surface area contributed by atoms with E-state index in [0.717, 1.165) is 31.7 Å². The summed E-state index contributed by atoms with van der Waals surface area (Å²) in [5.41, 5.74) is 2.22. The van der Waals surface area contributed by atoms with Crippen molar-refractivity contribution in [2.24, 2.45) is 0 Å². The molecule has 1 aliphatic heterocycles. The van der Waals surface area contributed by atoms with Crippen LogP contribution >= 0.6 is 11.3 Å². The number of hydrogen-bond acceptors (Lipinski definition) is 5. The number of ether oxygens (including phenoxy) is 1. The molecule has 0 saturated carbocycles. The maximum Gasteiger partial charge on any atom is 0.256 e. The monoisotopic (exact) mass is 369 g/mol. The normalized spacial score (nSPS) is 17.6. The van der Waals surface area contributed by atoms with Gasteiger partial charge < -0.3 is 10.1 Å². The molecule has 26 heavy (non-hydrogen) atoms. The molecular formula is C20H23N3O2S. The van der Waals surface area contributed by atoms with Gasteiger partial charge in [0.15, 0.2) is 0 Å². The molecule has 1 N–H and O–H groups in total. The Labute approximate surface area is 158 Å². The minimum atomic E-state index is -0.183. The molecule has 1 atom stereocenters. The minimum absolute atomic E-state index is 0.183. The van der Waals surface area contributed by atoms with E-state index in [1.165, 1.54) is 24.2 Å². The van der Waals surface area contributed by atoms with Gasteiger partial charge in [-0.05, 0) is 48.5 Å². The van der Waals surface area contributed by atoms with Gasteiger partial charge >= 0.3 is 0 Å². The molecule has 6 heteroatoms. The maximum atomic E-state index is 12.5. The number of methoxy groups -OCH3 is 1. The van der Waals surface area contributed by atoms with Crippen molar-refractivity contribution in [3.63, 3.8) is 0 Å². The lowest BCUT2D eigenvalue weighted by Gasteiger charge is -2.35. The van der Waals surface area contributed by atoms with E-state index in [-0.39, 0.29) is 5.91 Å². The summed E-state index contributed by atoms with van der Waals surface area (Å²) in [4.78, 5) is 15.0. The van der Waals surface area contributed by atoms with Gasteiger partial charge in [-0.25, -0.2) is 0 Å². The van der Waals surface area contributed by atoms with Crippen LogP contribution in [0.1, 0.15) is 40.7 Å². The topological polar surface area (TPSA) is 65.4 Å². The largest absolute Gasteiger partial charge is 0.383 e. The Balaban J connectivity index is 1.69. The van der Waals surface area contributed by atoms with Crippen molar-refractivity contribution in [1.29, 1.82) is 5.26 Å². The summed E-state index contributed by atoms with van der Waals surface area (Å²) >= 11 is 1.36. The number of piperidine rings is 1. The lowest BCUT2D eigenvalue weighted by atomic mass is 10.0. The van der Waals surface area contributed by atoms with Gasteiger partial charge in [0.25, 0.3) is 5.91 Å². The molecule has 2 heterocycles. The molecule has 1 saturated heterocycles. The van der Waals surface area contributed by atoms with Crippen molar-refractivity contribution in [2.75, 3.05) is 25.6 Å². The lowest BCUT2D eigenvalue weighted by molar-refractivity contribution is 0.0600. The van der Waals surface area contributed by atoms with E-state index in [1.54, 1.807) is 24.6 Å². The van der Waals surface area contributed by atoms with Crippen LogP contribution in [0.2, 0.25) is 0 Å². The van der Waals surface area contributed by atoms with E-state index < -0.39 is 0 Å². The Morgan fingerprint density at radius 1 is 1.42 bits per heavy atom. The van der Waals surface area contributed by atoms with Crippen molar-refractivity contribution >= 4 is 22.2 Å². The summed E-state index contributed by atoms with van der Waals surface area (Å²) in [5, 5.41) is 14.3. The Hall–Kier alpha value is -2.20. The van der Waals surface area contributed by atoms with Crippen LogP contribution in [0.5, 0.6) is 0 Å². The van der Waals surface area contributed by atoms with E-state index in [9.17, 15) is 4.79 Å². The van der Waals surface area contributed by atoms with Crippen LogP contribution < -0.4 is 5.32 Å². The van der Waals surface area contributed by atoms with Crippen LogP contribution in [0.3, 0.4) is 0 Å². The molecule has 136 valence electrons. The number of hydrogen-bond donors (Lipinski definition) is 1. The quantitative estimate of drug-likeness (QED) is 0.839. The van der Waals surface area contributed by atoms with Crippen molar-refractivity contribution in [3.8, 4) is 6.07 Å². The number of carbonyl (C=O) groups excluding carboxylic acids is 1. The smallest absolute Gasteiger partial charge is 0.256 e. The molecule has 2 aromatic rings. The summed E-state index contributed by atoms with van der Waals surface area (Å²) in [5.74, 6) is -0.183. The summed E-state index contributed by atoms with van der Waals surface area (Å²) in [6.07, 6.45) is 3.61. The zero-order valence-electron chi connectivity index (χ0n) is 14.9. The summed E-state index contributed by atoms with van der Waals surface area (Å²) in [6, 6.07) is 12.0. The molecule has 0 spiro atoms. The van der Waals surface area contributed by atoms with Crippen molar-refractivity contribution in [3.05, 3.63) is 52.4 Å². The number of likely N-dealkylation sites (tertiary alicyclic amines) is 1. The average molecular weight is 369 g/mol. The van der Waals surface area contributed by atoms with Gasteiger partial charge in [-0.3, -0.25) is 9.69 Å². The molecular weight excluding hydrogens is 346 g/mol. The fourth-order valence-corrected chi connectivity index (χ4v) is 4.10. The number of nitriles is 1. The number of nitrogens with one attached hydrogen (secondary N) is 1. The average Bonchev–Trinajstić information content (AvgIpc) is 3.11. The molecule has 1 aromatic heterocycles. The van der Waals surface area contributed by atoms with E-state index in [1.807, 2.05) is 12.1 Å². The summed E-state index contributed by atoms with van der Waals surface area (Å²) in [7, 11) is 1.75.